The Morgan fingerprint density at radius 2 is 1.96 bits per heavy atom. The number of fused-ring (bicyclic) bond motifs is 3. The molecule has 136 valence electrons. The SMILES string of the molecule is O=C(Cc1cc(-c2ccccc2)c(=O)n2ccc3ccsc3c12)NCCF. The van der Waals surface area contributed by atoms with E-state index in [0.29, 0.717) is 5.56 Å². The summed E-state index contributed by atoms with van der Waals surface area (Å²) in [6, 6.07) is 15.1. The molecule has 3 heterocycles. The van der Waals surface area contributed by atoms with Gasteiger partial charge in [0.05, 0.1) is 16.6 Å². The van der Waals surface area contributed by atoms with Gasteiger partial charge in [0.15, 0.2) is 0 Å². The van der Waals surface area contributed by atoms with Gasteiger partial charge in [-0.25, -0.2) is 4.39 Å². The smallest absolute Gasteiger partial charge is 0.263 e. The molecule has 1 N–H and O–H groups in total. The number of thiophene rings is 1. The number of aromatic nitrogens is 1. The van der Waals surface area contributed by atoms with Gasteiger partial charge in [0.25, 0.3) is 5.56 Å². The lowest BCUT2D eigenvalue weighted by molar-refractivity contribution is -0.120. The fourth-order valence-corrected chi connectivity index (χ4v) is 4.23. The van der Waals surface area contributed by atoms with Crippen LogP contribution >= 0.6 is 11.3 Å². The van der Waals surface area contributed by atoms with Crippen molar-refractivity contribution in [2.45, 2.75) is 6.42 Å². The van der Waals surface area contributed by atoms with Gasteiger partial charge in [-0.1, -0.05) is 30.3 Å². The van der Waals surface area contributed by atoms with Crippen molar-refractivity contribution < 1.29 is 9.18 Å². The van der Waals surface area contributed by atoms with Crippen molar-refractivity contribution >= 4 is 32.8 Å². The summed E-state index contributed by atoms with van der Waals surface area (Å²) in [6.07, 6.45) is 1.84. The number of nitrogens with zero attached hydrogens (tertiary/aromatic N) is 1. The molecule has 0 atom stereocenters. The predicted octanol–water partition coefficient (Wildman–Crippen LogP) is 3.81. The molecular formula is C21H17FN2O2S. The molecule has 1 aromatic carbocycles. The van der Waals surface area contributed by atoms with Crippen molar-refractivity contribution in [1.82, 2.24) is 9.72 Å². The van der Waals surface area contributed by atoms with Crippen LogP contribution in [0.25, 0.3) is 26.7 Å². The number of hydrogen-bond acceptors (Lipinski definition) is 3. The van der Waals surface area contributed by atoms with Crippen LogP contribution in [0.5, 0.6) is 0 Å². The minimum Gasteiger partial charge on any atom is -0.353 e. The van der Waals surface area contributed by atoms with Crippen LogP contribution < -0.4 is 10.9 Å². The van der Waals surface area contributed by atoms with Gasteiger partial charge in [-0.2, -0.15) is 0 Å². The maximum Gasteiger partial charge on any atom is 0.263 e. The van der Waals surface area contributed by atoms with Gasteiger partial charge in [0.2, 0.25) is 5.91 Å². The number of pyridine rings is 2. The van der Waals surface area contributed by atoms with Gasteiger partial charge >= 0.3 is 0 Å². The number of benzene rings is 1. The average molecular weight is 380 g/mol. The third kappa shape index (κ3) is 3.24. The standard InChI is InChI=1S/C21H17FN2O2S/c22-8-9-23-18(25)13-16-12-17(14-4-2-1-3-5-14)21(26)24-10-6-15-7-11-27-20(15)19(16)24/h1-7,10-12H,8-9,13H2,(H,23,25). The maximum absolute atomic E-state index is 13.1. The molecule has 0 fully saturated rings. The molecule has 0 aliphatic carbocycles. The zero-order valence-electron chi connectivity index (χ0n) is 14.4. The largest absolute Gasteiger partial charge is 0.353 e. The first-order valence-corrected chi connectivity index (χ1v) is 9.49. The molecule has 4 rings (SSSR count). The number of carbonyl (C=O) groups is 1. The minimum absolute atomic E-state index is 0.0104. The van der Waals surface area contributed by atoms with Crippen LogP contribution in [0.15, 0.2) is 64.9 Å². The fourth-order valence-electron chi connectivity index (χ4n) is 3.27. The lowest BCUT2D eigenvalue weighted by Crippen LogP contribution is -2.28. The molecule has 1 amide bonds. The van der Waals surface area contributed by atoms with Crippen LogP contribution in [0.1, 0.15) is 5.56 Å². The highest BCUT2D eigenvalue weighted by molar-refractivity contribution is 7.18. The van der Waals surface area contributed by atoms with Gasteiger partial charge in [0.1, 0.15) is 6.67 Å². The van der Waals surface area contributed by atoms with Crippen LogP contribution in [0.3, 0.4) is 0 Å². The van der Waals surface area contributed by atoms with Crippen molar-refractivity contribution in [3.05, 3.63) is 76.0 Å². The van der Waals surface area contributed by atoms with E-state index in [1.807, 2.05) is 47.8 Å². The van der Waals surface area contributed by atoms with E-state index in [-0.39, 0.29) is 24.4 Å². The highest BCUT2D eigenvalue weighted by atomic mass is 32.1. The third-order valence-corrected chi connectivity index (χ3v) is 5.42. The first kappa shape index (κ1) is 17.4. The van der Waals surface area contributed by atoms with Crippen LogP contribution in [0.2, 0.25) is 0 Å². The molecule has 6 heteroatoms. The summed E-state index contributed by atoms with van der Waals surface area (Å²) in [5.41, 5.74) is 2.70. The number of carbonyl (C=O) groups excluding carboxylic acids is 1. The number of hydrogen-bond donors (Lipinski definition) is 1. The highest BCUT2D eigenvalue weighted by Crippen LogP contribution is 2.29. The minimum atomic E-state index is -0.606. The molecule has 0 spiro atoms. The summed E-state index contributed by atoms with van der Waals surface area (Å²) in [5.74, 6) is -0.263. The summed E-state index contributed by atoms with van der Waals surface area (Å²) in [7, 11) is 0. The summed E-state index contributed by atoms with van der Waals surface area (Å²) < 4.78 is 15.0. The lowest BCUT2D eigenvalue weighted by atomic mass is 10.0. The monoisotopic (exact) mass is 380 g/mol. The van der Waals surface area contributed by atoms with Crippen molar-refractivity contribution in [3.63, 3.8) is 0 Å². The first-order valence-electron chi connectivity index (χ1n) is 8.61. The average Bonchev–Trinajstić information content (AvgIpc) is 3.17. The Labute approximate surface area is 158 Å². The van der Waals surface area contributed by atoms with E-state index in [1.54, 1.807) is 16.7 Å². The molecule has 0 saturated carbocycles. The first-order chi connectivity index (χ1) is 13.2. The molecule has 0 aliphatic heterocycles. The zero-order valence-corrected chi connectivity index (χ0v) is 15.3. The predicted molar refractivity (Wildman–Crippen MR) is 107 cm³/mol. The van der Waals surface area contributed by atoms with Crippen molar-refractivity contribution in [3.8, 4) is 11.1 Å². The Bertz CT molecular complexity index is 1180. The van der Waals surface area contributed by atoms with Gasteiger partial charge in [-0.15, -0.1) is 11.3 Å². The Morgan fingerprint density at radius 1 is 1.15 bits per heavy atom. The summed E-state index contributed by atoms with van der Waals surface area (Å²) in [6.45, 7) is -0.616. The van der Waals surface area contributed by atoms with Gasteiger partial charge in [0, 0.05) is 18.3 Å². The number of amides is 1. The second-order valence-corrected chi connectivity index (χ2v) is 7.13. The summed E-state index contributed by atoms with van der Waals surface area (Å²) >= 11 is 1.53. The van der Waals surface area contributed by atoms with Gasteiger partial charge in [-0.05, 0) is 40.1 Å². The fraction of sp³-hybridized carbons (Fsp3) is 0.143. The Balaban J connectivity index is 1.97. The summed E-state index contributed by atoms with van der Waals surface area (Å²) in [5, 5.41) is 5.55. The maximum atomic E-state index is 13.1. The second kappa shape index (κ2) is 7.32. The van der Waals surface area contributed by atoms with E-state index in [2.05, 4.69) is 5.32 Å². The molecule has 0 aliphatic rings. The van der Waals surface area contributed by atoms with E-state index < -0.39 is 6.67 Å². The van der Waals surface area contributed by atoms with Crippen LogP contribution in [-0.4, -0.2) is 23.5 Å². The number of rotatable bonds is 5. The molecule has 27 heavy (non-hydrogen) atoms. The quantitative estimate of drug-likeness (QED) is 0.572. The molecule has 0 radical (unpaired) electrons. The van der Waals surface area contributed by atoms with E-state index in [0.717, 1.165) is 26.7 Å². The van der Waals surface area contributed by atoms with Crippen LogP contribution in [0.4, 0.5) is 4.39 Å². The molecule has 0 unspecified atom stereocenters. The van der Waals surface area contributed by atoms with Crippen molar-refractivity contribution in [2.24, 2.45) is 0 Å². The van der Waals surface area contributed by atoms with Gasteiger partial charge < -0.3 is 5.32 Å². The highest BCUT2D eigenvalue weighted by Gasteiger charge is 2.16. The van der Waals surface area contributed by atoms with Crippen molar-refractivity contribution in [2.75, 3.05) is 13.2 Å². The normalized spacial score (nSPS) is 11.1. The molecule has 3 aromatic heterocycles. The second-order valence-electron chi connectivity index (χ2n) is 6.21. The Hall–Kier alpha value is -2.99. The van der Waals surface area contributed by atoms with E-state index >= 15 is 0 Å². The lowest BCUT2D eigenvalue weighted by Gasteiger charge is -2.12. The summed E-state index contributed by atoms with van der Waals surface area (Å²) in [4.78, 5) is 25.4. The van der Waals surface area contributed by atoms with E-state index in [1.165, 1.54) is 11.3 Å². The van der Waals surface area contributed by atoms with Crippen molar-refractivity contribution in [1.29, 1.82) is 0 Å². The topological polar surface area (TPSA) is 50.6 Å². The number of nitrogens with one attached hydrogen (secondary N) is 1. The number of alkyl halides is 1. The Kier molecular flexibility index (Phi) is 4.73. The third-order valence-electron chi connectivity index (χ3n) is 4.48. The molecule has 4 nitrogen and oxygen atoms in total. The van der Waals surface area contributed by atoms with Crippen LogP contribution in [-0.2, 0) is 11.2 Å². The van der Waals surface area contributed by atoms with Crippen LogP contribution in [0, 0.1) is 0 Å². The molecular weight excluding hydrogens is 363 g/mol. The zero-order chi connectivity index (χ0) is 18.8. The Morgan fingerprint density at radius 3 is 2.74 bits per heavy atom. The molecule has 0 bridgehead atoms. The van der Waals surface area contributed by atoms with E-state index in [9.17, 15) is 14.0 Å². The van der Waals surface area contributed by atoms with Gasteiger partial charge in [-0.3, -0.25) is 14.0 Å². The molecule has 4 aromatic rings. The number of halogens is 1. The molecule has 0 saturated heterocycles. The van der Waals surface area contributed by atoms with E-state index in [4.69, 9.17) is 0 Å².